The predicted molar refractivity (Wildman–Crippen MR) is 163 cm³/mol. The average Bonchev–Trinajstić information content (AvgIpc) is 3.45. The molecule has 0 aliphatic carbocycles. The van der Waals surface area contributed by atoms with Gasteiger partial charge in [-0.05, 0) is 55.0 Å². The Hall–Kier alpha value is -4.40. The van der Waals surface area contributed by atoms with Crippen LogP contribution in [0.4, 0.5) is 10.8 Å². The summed E-state index contributed by atoms with van der Waals surface area (Å²) in [7, 11) is 1.63. The molecule has 6 nitrogen and oxygen atoms in total. The Morgan fingerprint density at radius 3 is 2.42 bits per heavy atom. The number of thiazole rings is 1. The fraction of sp³-hybridized carbons (Fsp3) is 0.0938. The summed E-state index contributed by atoms with van der Waals surface area (Å²) in [6, 6.07) is 32.2. The number of ether oxygens (including phenoxy) is 1. The number of nitrogens with one attached hydrogen (secondary N) is 2. The molecule has 1 heterocycles. The minimum atomic E-state index is -0.534. The van der Waals surface area contributed by atoms with E-state index in [1.807, 2.05) is 103 Å². The Bertz CT molecular complexity index is 1620. The molecule has 5 rings (SSSR count). The summed E-state index contributed by atoms with van der Waals surface area (Å²) >= 11 is 2.79. The van der Waals surface area contributed by atoms with Gasteiger partial charge in [-0.2, -0.15) is 0 Å². The van der Waals surface area contributed by atoms with Crippen LogP contribution in [0.1, 0.15) is 26.7 Å². The molecule has 4 aromatic carbocycles. The number of hydrogen-bond acceptors (Lipinski definition) is 6. The Kier molecular flexibility index (Phi) is 8.59. The van der Waals surface area contributed by atoms with Gasteiger partial charge in [0.2, 0.25) is 5.91 Å². The molecule has 1 aromatic heterocycles. The van der Waals surface area contributed by atoms with Gasteiger partial charge in [-0.1, -0.05) is 66.2 Å². The van der Waals surface area contributed by atoms with Crippen molar-refractivity contribution < 1.29 is 14.3 Å². The number of carbonyl (C=O) groups is 2. The largest absolute Gasteiger partial charge is 0.497 e. The summed E-state index contributed by atoms with van der Waals surface area (Å²) in [5, 5.41) is 7.85. The Balaban J connectivity index is 1.33. The van der Waals surface area contributed by atoms with Crippen LogP contribution in [0.15, 0.2) is 113 Å². The van der Waals surface area contributed by atoms with E-state index in [0.717, 1.165) is 33.0 Å². The van der Waals surface area contributed by atoms with Gasteiger partial charge >= 0.3 is 0 Å². The van der Waals surface area contributed by atoms with Crippen LogP contribution in [0.2, 0.25) is 0 Å². The molecule has 0 saturated carbocycles. The number of carbonyl (C=O) groups excluding carboxylic acids is 2. The first kappa shape index (κ1) is 27.2. The zero-order valence-corrected chi connectivity index (χ0v) is 23.6. The number of aryl methyl sites for hydroxylation is 1. The fourth-order valence-electron chi connectivity index (χ4n) is 4.01. The van der Waals surface area contributed by atoms with E-state index in [9.17, 15) is 9.59 Å². The second kappa shape index (κ2) is 12.6. The van der Waals surface area contributed by atoms with E-state index in [1.165, 1.54) is 23.1 Å². The van der Waals surface area contributed by atoms with Crippen LogP contribution in [-0.4, -0.2) is 23.9 Å². The summed E-state index contributed by atoms with van der Waals surface area (Å²) < 4.78 is 5.32. The Morgan fingerprint density at radius 2 is 1.65 bits per heavy atom. The molecule has 0 aliphatic heterocycles. The maximum absolute atomic E-state index is 13.6. The van der Waals surface area contributed by atoms with Gasteiger partial charge in [0.1, 0.15) is 11.0 Å². The number of benzene rings is 4. The molecule has 0 bridgehead atoms. The van der Waals surface area contributed by atoms with Crippen molar-refractivity contribution in [2.24, 2.45) is 0 Å². The summed E-state index contributed by atoms with van der Waals surface area (Å²) in [6.07, 6.45) is 0. The molecule has 40 heavy (non-hydrogen) atoms. The smallest absolute Gasteiger partial charge is 0.255 e. The van der Waals surface area contributed by atoms with Crippen LogP contribution in [-0.2, 0) is 4.79 Å². The van der Waals surface area contributed by atoms with E-state index in [1.54, 1.807) is 19.2 Å². The van der Waals surface area contributed by atoms with Gasteiger partial charge in [-0.3, -0.25) is 9.59 Å². The third-order valence-electron chi connectivity index (χ3n) is 6.10. The van der Waals surface area contributed by atoms with E-state index < -0.39 is 5.25 Å². The van der Waals surface area contributed by atoms with Crippen LogP contribution >= 0.6 is 23.1 Å². The first-order valence-electron chi connectivity index (χ1n) is 12.6. The van der Waals surface area contributed by atoms with Crippen LogP contribution in [0.3, 0.4) is 0 Å². The van der Waals surface area contributed by atoms with Crippen molar-refractivity contribution in [3.05, 3.63) is 125 Å². The quantitative estimate of drug-likeness (QED) is 0.178. The molecule has 0 aliphatic rings. The fourth-order valence-corrected chi connectivity index (χ4v) is 5.82. The highest BCUT2D eigenvalue weighted by Crippen LogP contribution is 2.38. The molecular weight excluding hydrogens is 539 g/mol. The van der Waals surface area contributed by atoms with Crippen LogP contribution in [0, 0.1) is 6.92 Å². The van der Waals surface area contributed by atoms with E-state index >= 15 is 0 Å². The standard InChI is InChI=1S/C32H27N3O3S2/c1-21-14-16-23(17-15-21)30(36)33-25-11-7-13-27(19-25)40-29(22-8-4-3-5-9-22)31(37)35-32-34-28(20-39-32)24-10-6-12-26(18-24)38-2/h3-20,29H,1-2H3,(H,33,36)(H,34,35,37). The van der Waals surface area contributed by atoms with Crippen molar-refractivity contribution in [3.63, 3.8) is 0 Å². The molecule has 200 valence electrons. The molecule has 5 aromatic rings. The lowest BCUT2D eigenvalue weighted by Crippen LogP contribution is -2.19. The zero-order chi connectivity index (χ0) is 27.9. The first-order chi connectivity index (χ1) is 19.5. The number of hydrogen-bond donors (Lipinski definition) is 2. The number of amides is 2. The van der Waals surface area contributed by atoms with E-state index in [2.05, 4.69) is 15.6 Å². The van der Waals surface area contributed by atoms with Crippen LogP contribution in [0.5, 0.6) is 5.75 Å². The van der Waals surface area contributed by atoms with Gasteiger partial charge in [-0.25, -0.2) is 4.98 Å². The van der Waals surface area contributed by atoms with Gasteiger partial charge in [0, 0.05) is 27.1 Å². The Morgan fingerprint density at radius 1 is 0.875 bits per heavy atom. The highest BCUT2D eigenvalue weighted by atomic mass is 32.2. The van der Waals surface area contributed by atoms with E-state index in [0.29, 0.717) is 16.4 Å². The second-order valence-corrected chi connectivity index (χ2v) is 11.1. The molecule has 1 atom stereocenters. The van der Waals surface area contributed by atoms with Gasteiger partial charge in [0.25, 0.3) is 5.91 Å². The highest BCUT2D eigenvalue weighted by Gasteiger charge is 2.23. The molecule has 8 heteroatoms. The first-order valence-corrected chi connectivity index (χ1v) is 14.3. The maximum atomic E-state index is 13.6. The van der Waals surface area contributed by atoms with Crippen molar-refractivity contribution in [3.8, 4) is 17.0 Å². The number of nitrogens with zero attached hydrogens (tertiary/aromatic N) is 1. The van der Waals surface area contributed by atoms with Crippen molar-refractivity contribution in [1.29, 1.82) is 0 Å². The monoisotopic (exact) mass is 565 g/mol. The van der Waals surface area contributed by atoms with Gasteiger partial charge in [0.05, 0.1) is 12.8 Å². The predicted octanol–water partition coefficient (Wildman–Crippen LogP) is 7.85. The number of methoxy groups -OCH3 is 1. The van der Waals surface area contributed by atoms with Crippen LogP contribution < -0.4 is 15.4 Å². The number of aromatic nitrogens is 1. The molecule has 2 N–H and O–H groups in total. The summed E-state index contributed by atoms with van der Waals surface area (Å²) in [5.74, 6) is 0.376. The van der Waals surface area contributed by atoms with Crippen molar-refractivity contribution in [2.45, 2.75) is 17.1 Å². The molecule has 1 unspecified atom stereocenters. The van der Waals surface area contributed by atoms with Crippen molar-refractivity contribution in [2.75, 3.05) is 17.7 Å². The Labute approximate surface area is 241 Å². The van der Waals surface area contributed by atoms with Gasteiger partial charge in [0.15, 0.2) is 5.13 Å². The lowest BCUT2D eigenvalue weighted by molar-refractivity contribution is -0.115. The number of anilines is 2. The molecule has 0 fully saturated rings. The minimum absolute atomic E-state index is 0.183. The number of rotatable bonds is 9. The second-order valence-electron chi connectivity index (χ2n) is 9.02. The van der Waals surface area contributed by atoms with E-state index in [-0.39, 0.29) is 11.8 Å². The van der Waals surface area contributed by atoms with Crippen molar-refractivity contribution >= 4 is 45.7 Å². The van der Waals surface area contributed by atoms with Crippen LogP contribution in [0.25, 0.3) is 11.3 Å². The number of thioether (sulfide) groups is 1. The molecule has 2 amide bonds. The highest BCUT2D eigenvalue weighted by molar-refractivity contribution is 8.00. The third-order valence-corrected chi connectivity index (χ3v) is 8.11. The van der Waals surface area contributed by atoms with E-state index in [4.69, 9.17) is 4.74 Å². The summed E-state index contributed by atoms with van der Waals surface area (Å²) in [5.41, 5.74) is 4.88. The van der Waals surface area contributed by atoms with Gasteiger partial charge in [-0.15, -0.1) is 23.1 Å². The minimum Gasteiger partial charge on any atom is -0.497 e. The molecular formula is C32H27N3O3S2. The lowest BCUT2D eigenvalue weighted by atomic mass is 10.1. The maximum Gasteiger partial charge on any atom is 0.255 e. The topological polar surface area (TPSA) is 80.3 Å². The SMILES string of the molecule is COc1cccc(-c2csc(NC(=O)C(Sc3cccc(NC(=O)c4ccc(C)cc4)c3)c3ccccc3)n2)c1. The molecule has 0 radical (unpaired) electrons. The van der Waals surface area contributed by atoms with Gasteiger partial charge < -0.3 is 15.4 Å². The lowest BCUT2D eigenvalue weighted by Gasteiger charge is -2.17. The summed E-state index contributed by atoms with van der Waals surface area (Å²) in [4.78, 5) is 31.8. The van der Waals surface area contributed by atoms with Crippen molar-refractivity contribution in [1.82, 2.24) is 4.98 Å². The molecule has 0 spiro atoms. The average molecular weight is 566 g/mol. The zero-order valence-electron chi connectivity index (χ0n) is 22.0. The summed E-state index contributed by atoms with van der Waals surface area (Å²) in [6.45, 7) is 1.98. The normalized spacial score (nSPS) is 11.4. The molecule has 0 saturated heterocycles. The third kappa shape index (κ3) is 6.77.